The van der Waals surface area contributed by atoms with Gasteiger partial charge in [-0.3, -0.25) is 0 Å². The van der Waals surface area contributed by atoms with Gasteiger partial charge in [-0.2, -0.15) is 0 Å². The first-order valence-corrected chi connectivity index (χ1v) is 4.33. The summed E-state index contributed by atoms with van der Waals surface area (Å²) in [7, 11) is 0. The van der Waals surface area contributed by atoms with Gasteiger partial charge in [0.05, 0.1) is 6.26 Å². The predicted octanol–water partition coefficient (Wildman–Crippen LogP) is 2.70. The van der Waals surface area contributed by atoms with Gasteiger partial charge in [0, 0.05) is 10.2 Å². The number of furan rings is 1. The molecule has 0 amide bonds. The number of alkyl halides is 1. The minimum absolute atomic E-state index is 0.281. The van der Waals surface area contributed by atoms with Gasteiger partial charge in [-0.15, -0.1) is 0 Å². The first kappa shape index (κ1) is 6.47. The smallest absolute Gasteiger partial charge is 0.110 e. The third kappa shape index (κ3) is 0.749. The Morgan fingerprint density at radius 3 is 2.90 bits per heavy atom. The van der Waals surface area contributed by atoms with E-state index in [0.29, 0.717) is 4.83 Å². The number of hydrogen-bond acceptors (Lipinski definition) is 1. The molecule has 10 heavy (non-hydrogen) atoms. The molecule has 1 saturated carbocycles. The van der Waals surface area contributed by atoms with E-state index >= 15 is 0 Å². The van der Waals surface area contributed by atoms with Crippen LogP contribution >= 0.6 is 15.9 Å². The molecule has 2 atom stereocenters. The molecule has 0 N–H and O–H groups in total. The van der Waals surface area contributed by atoms with Crippen LogP contribution in [-0.4, -0.2) is 4.83 Å². The van der Waals surface area contributed by atoms with Crippen LogP contribution in [0.25, 0.3) is 0 Å². The van der Waals surface area contributed by atoms with Gasteiger partial charge < -0.3 is 4.42 Å². The molecule has 0 aliphatic heterocycles. The van der Waals surface area contributed by atoms with Crippen molar-refractivity contribution in [2.45, 2.75) is 23.6 Å². The number of halogens is 1. The summed E-state index contributed by atoms with van der Waals surface area (Å²) in [5.41, 5.74) is 0.281. The Morgan fingerprint density at radius 2 is 2.50 bits per heavy atom. The average Bonchev–Trinajstić information content (AvgIpc) is 2.35. The van der Waals surface area contributed by atoms with Crippen LogP contribution in [0.15, 0.2) is 22.8 Å². The molecule has 0 aromatic carbocycles. The fraction of sp³-hybridized carbons (Fsp3) is 0.500. The van der Waals surface area contributed by atoms with Crippen LogP contribution in [0.3, 0.4) is 0 Å². The standard InChI is InChI=1S/C8H9BrO/c1-8(5-6(8)9)7-3-2-4-10-7/h2-4,6H,5H2,1H3. The predicted molar refractivity (Wildman–Crippen MR) is 43.4 cm³/mol. The first-order valence-electron chi connectivity index (χ1n) is 3.41. The zero-order valence-electron chi connectivity index (χ0n) is 5.80. The minimum Gasteiger partial charge on any atom is -0.469 e. The maximum absolute atomic E-state index is 5.30. The molecular weight excluding hydrogens is 192 g/mol. The summed E-state index contributed by atoms with van der Waals surface area (Å²) in [6, 6.07) is 3.99. The van der Waals surface area contributed by atoms with Crippen molar-refractivity contribution in [2.24, 2.45) is 0 Å². The van der Waals surface area contributed by atoms with Crippen LogP contribution in [0.4, 0.5) is 0 Å². The number of rotatable bonds is 1. The monoisotopic (exact) mass is 200 g/mol. The van der Waals surface area contributed by atoms with Gasteiger partial charge in [0.15, 0.2) is 0 Å². The quantitative estimate of drug-likeness (QED) is 0.636. The maximum Gasteiger partial charge on any atom is 0.110 e. The highest BCUT2D eigenvalue weighted by Crippen LogP contribution is 2.52. The summed E-state index contributed by atoms with van der Waals surface area (Å²) < 4.78 is 5.30. The molecule has 2 unspecified atom stereocenters. The Hall–Kier alpha value is -0.240. The molecule has 0 bridgehead atoms. The lowest BCUT2D eigenvalue weighted by molar-refractivity contribution is 0.468. The minimum atomic E-state index is 0.281. The van der Waals surface area contributed by atoms with Gasteiger partial charge in [-0.25, -0.2) is 0 Å². The molecule has 0 radical (unpaired) electrons. The van der Waals surface area contributed by atoms with E-state index in [1.54, 1.807) is 6.26 Å². The summed E-state index contributed by atoms with van der Waals surface area (Å²) in [6.45, 7) is 2.21. The SMILES string of the molecule is CC1(c2ccco2)CC1Br. The molecular formula is C8H9BrO. The van der Waals surface area contributed by atoms with Gasteiger partial charge in [-0.05, 0) is 18.6 Å². The molecule has 0 spiro atoms. The van der Waals surface area contributed by atoms with Crippen LogP contribution < -0.4 is 0 Å². The van der Waals surface area contributed by atoms with Crippen molar-refractivity contribution in [3.63, 3.8) is 0 Å². The van der Waals surface area contributed by atoms with E-state index in [4.69, 9.17) is 4.42 Å². The van der Waals surface area contributed by atoms with Crippen LogP contribution in [0.2, 0.25) is 0 Å². The molecule has 1 nitrogen and oxygen atoms in total. The fourth-order valence-electron chi connectivity index (χ4n) is 1.17. The van der Waals surface area contributed by atoms with Gasteiger partial charge in [0.1, 0.15) is 5.76 Å². The van der Waals surface area contributed by atoms with Crippen molar-refractivity contribution < 1.29 is 4.42 Å². The molecule has 2 heteroatoms. The van der Waals surface area contributed by atoms with E-state index in [0.717, 1.165) is 5.76 Å². The molecule has 1 aliphatic rings. The van der Waals surface area contributed by atoms with Crippen LogP contribution in [0, 0.1) is 0 Å². The van der Waals surface area contributed by atoms with E-state index in [2.05, 4.69) is 22.9 Å². The molecule has 2 rings (SSSR count). The highest BCUT2D eigenvalue weighted by atomic mass is 79.9. The van der Waals surface area contributed by atoms with Crippen molar-refractivity contribution >= 4 is 15.9 Å². The molecule has 1 heterocycles. The van der Waals surface area contributed by atoms with Gasteiger partial charge >= 0.3 is 0 Å². The van der Waals surface area contributed by atoms with Crippen LogP contribution in [0.1, 0.15) is 19.1 Å². The fourth-order valence-corrected chi connectivity index (χ4v) is 2.07. The van der Waals surface area contributed by atoms with Crippen LogP contribution in [-0.2, 0) is 5.41 Å². The zero-order valence-corrected chi connectivity index (χ0v) is 7.39. The van der Waals surface area contributed by atoms with E-state index < -0.39 is 0 Å². The zero-order chi connectivity index (χ0) is 7.19. The van der Waals surface area contributed by atoms with Crippen LogP contribution in [0.5, 0.6) is 0 Å². The lowest BCUT2D eigenvalue weighted by Crippen LogP contribution is -2.00. The lowest BCUT2D eigenvalue weighted by Gasteiger charge is -2.02. The van der Waals surface area contributed by atoms with E-state index in [1.165, 1.54) is 6.42 Å². The second-order valence-corrected chi connectivity index (χ2v) is 4.17. The van der Waals surface area contributed by atoms with E-state index in [-0.39, 0.29) is 5.41 Å². The Morgan fingerprint density at radius 1 is 1.80 bits per heavy atom. The number of hydrogen-bond donors (Lipinski definition) is 0. The summed E-state index contributed by atoms with van der Waals surface area (Å²) >= 11 is 3.57. The first-order chi connectivity index (χ1) is 4.73. The third-order valence-electron chi connectivity index (χ3n) is 2.22. The van der Waals surface area contributed by atoms with Crippen molar-refractivity contribution in [2.75, 3.05) is 0 Å². The lowest BCUT2D eigenvalue weighted by atomic mass is 10.1. The summed E-state index contributed by atoms with van der Waals surface area (Å²) in [5.74, 6) is 1.11. The summed E-state index contributed by atoms with van der Waals surface area (Å²) in [5, 5.41) is 0. The van der Waals surface area contributed by atoms with E-state index in [9.17, 15) is 0 Å². The summed E-state index contributed by atoms with van der Waals surface area (Å²) in [6.07, 6.45) is 2.93. The van der Waals surface area contributed by atoms with Gasteiger partial charge in [0.25, 0.3) is 0 Å². The molecule has 1 aliphatic carbocycles. The topological polar surface area (TPSA) is 13.1 Å². The average molecular weight is 201 g/mol. The highest BCUT2D eigenvalue weighted by molar-refractivity contribution is 9.09. The van der Waals surface area contributed by atoms with Crippen molar-refractivity contribution in [1.82, 2.24) is 0 Å². The van der Waals surface area contributed by atoms with Crippen molar-refractivity contribution in [3.8, 4) is 0 Å². The molecule has 0 saturated heterocycles. The van der Waals surface area contributed by atoms with Crippen molar-refractivity contribution in [1.29, 1.82) is 0 Å². The molecule has 54 valence electrons. The normalized spacial score (nSPS) is 38.0. The second kappa shape index (κ2) is 1.88. The third-order valence-corrected chi connectivity index (χ3v) is 3.55. The summed E-state index contributed by atoms with van der Waals surface area (Å²) in [4.78, 5) is 0.617. The molecule has 1 aromatic heterocycles. The molecule has 1 aromatic rings. The Bertz CT molecular complexity index is 229. The Balaban J connectivity index is 2.30. The van der Waals surface area contributed by atoms with Gasteiger partial charge in [0.2, 0.25) is 0 Å². The van der Waals surface area contributed by atoms with Crippen molar-refractivity contribution in [3.05, 3.63) is 24.2 Å². The van der Waals surface area contributed by atoms with E-state index in [1.807, 2.05) is 12.1 Å². The van der Waals surface area contributed by atoms with Gasteiger partial charge in [-0.1, -0.05) is 22.9 Å². The molecule has 1 fully saturated rings. The highest BCUT2D eigenvalue weighted by Gasteiger charge is 2.51. The second-order valence-electron chi connectivity index (χ2n) is 3.07. The Kier molecular flexibility index (Phi) is 1.21. The Labute approximate surface area is 68.5 Å². The largest absolute Gasteiger partial charge is 0.469 e. The maximum atomic E-state index is 5.30.